The Balaban J connectivity index is 2.04. The number of aryl methyl sites for hydroxylation is 1. The largest absolute Gasteiger partial charge is 0.337 e. The first-order valence-electron chi connectivity index (χ1n) is 5.48. The Morgan fingerprint density at radius 1 is 1.75 bits per heavy atom. The second-order valence-corrected chi connectivity index (χ2v) is 5.88. The van der Waals surface area contributed by atoms with E-state index in [1.807, 2.05) is 17.2 Å². The van der Waals surface area contributed by atoms with Crippen molar-refractivity contribution in [3.8, 4) is 0 Å². The lowest BCUT2D eigenvalue weighted by Crippen LogP contribution is -2.40. The average molecular weight is 303 g/mol. The van der Waals surface area contributed by atoms with Crippen LogP contribution in [-0.4, -0.2) is 34.2 Å². The molecule has 0 aromatic carbocycles. The summed E-state index contributed by atoms with van der Waals surface area (Å²) in [7, 11) is 0. The molecule has 1 aromatic rings. The summed E-state index contributed by atoms with van der Waals surface area (Å²) in [4.78, 5) is 18.3. The van der Waals surface area contributed by atoms with Gasteiger partial charge in [0.1, 0.15) is 5.69 Å². The first-order chi connectivity index (χ1) is 7.70. The maximum Gasteiger partial charge on any atom is 0.273 e. The fraction of sp³-hybridized carbons (Fsp3) is 0.636. The number of likely N-dealkylation sites (tertiary alicyclic amines) is 1. The first-order valence-corrected chi connectivity index (χ1v) is 7.48. The number of carbonyl (C=O) groups is 1. The van der Waals surface area contributed by atoms with Crippen molar-refractivity contribution in [1.29, 1.82) is 0 Å². The summed E-state index contributed by atoms with van der Waals surface area (Å²) in [5, 5.41) is 3.79. The molecular weight excluding hydrogens is 288 g/mol. The van der Waals surface area contributed by atoms with Gasteiger partial charge in [0.15, 0.2) is 0 Å². The Hall–Kier alpha value is -0.420. The molecule has 0 spiro atoms. The minimum absolute atomic E-state index is 0.0926. The molecule has 1 aliphatic heterocycles. The molecule has 0 radical (unpaired) electrons. The van der Waals surface area contributed by atoms with Crippen LogP contribution in [0.15, 0.2) is 5.38 Å². The van der Waals surface area contributed by atoms with Gasteiger partial charge in [-0.2, -0.15) is 0 Å². The summed E-state index contributed by atoms with van der Waals surface area (Å²) in [6.45, 7) is 3.67. The highest BCUT2D eigenvalue weighted by atomic mass is 79.9. The third-order valence-electron chi connectivity index (χ3n) is 2.86. The minimum Gasteiger partial charge on any atom is -0.337 e. The summed E-state index contributed by atoms with van der Waals surface area (Å²) in [6, 6.07) is 0. The third kappa shape index (κ3) is 2.63. The van der Waals surface area contributed by atoms with Crippen LogP contribution in [0.25, 0.3) is 0 Å². The number of carbonyl (C=O) groups excluding carboxylic acids is 1. The molecule has 0 N–H and O–H groups in total. The van der Waals surface area contributed by atoms with Gasteiger partial charge in [-0.05, 0) is 25.7 Å². The van der Waals surface area contributed by atoms with Crippen molar-refractivity contribution in [2.24, 2.45) is 5.92 Å². The van der Waals surface area contributed by atoms with Crippen molar-refractivity contribution in [3.05, 3.63) is 16.1 Å². The molecule has 16 heavy (non-hydrogen) atoms. The maximum atomic E-state index is 12.1. The van der Waals surface area contributed by atoms with Gasteiger partial charge in [-0.1, -0.05) is 15.9 Å². The summed E-state index contributed by atoms with van der Waals surface area (Å²) < 4.78 is 0. The highest BCUT2D eigenvalue weighted by molar-refractivity contribution is 9.09. The van der Waals surface area contributed by atoms with E-state index in [9.17, 15) is 4.79 Å². The Bertz CT molecular complexity index is 380. The zero-order chi connectivity index (χ0) is 11.5. The van der Waals surface area contributed by atoms with Gasteiger partial charge in [-0.25, -0.2) is 4.98 Å². The van der Waals surface area contributed by atoms with E-state index in [4.69, 9.17) is 0 Å². The minimum atomic E-state index is 0.0926. The Morgan fingerprint density at radius 2 is 2.56 bits per heavy atom. The monoisotopic (exact) mass is 302 g/mol. The Kier molecular flexibility index (Phi) is 3.97. The van der Waals surface area contributed by atoms with E-state index in [0.717, 1.165) is 29.8 Å². The number of piperidine rings is 1. The van der Waals surface area contributed by atoms with Crippen LogP contribution in [0.1, 0.15) is 28.3 Å². The molecule has 1 atom stereocenters. The lowest BCUT2D eigenvalue weighted by Gasteiger charge is -2.31. The number of hydrogen-bond acceptors (Lipinski definition) is 3. The molecule has 0 saturated carbocycles. The van der Waals surface area contributed by atoms with E-state index >= 15 is 0 Å². The van der Waals surface area contributed by atoms with E-state index in [1.165, 1.54) is 17.8 Å². The molecule has 88 valence electrons. The maximum absolute atomic E-state index is 12.1. The number of nitrogens with zero attached hydrogens (tertiary/aromatic N) is 2. The molecule has 5 heteroatoms. The standard InChI is InChI=1S/C11H15BrN2OS/c1-8-13-10(7-16-8)11(15)14-4-2-3-9(5-12)6-14/h7,9H,2-6H2,1H3. The number of halogens is 1. The van der Waals surface area contributed by atoms with Crippen molar-refractivity contribution in [2.75, 3.05) is 18.4 Å². The van der Waals surface area contributed by atoms with Gasteiger partial charge in [0, 0.05) is 23.8 Å². The molecule has 1 fully saturated rings. The van der Waals surface area contributed by atoms with Crippen LogP contribution in [0.2, 0.25) is 0 Å². The van der Waals surface area contributed by atoms with Crippen LogP contribution >= 0.6 is 27.3 Å². The summed E-state index contributed by atoms with van der Waals surface area (Å²) in [6.07, 6.45) is 2.32. The van der Waals surface area contributed by atoms with Crippen LogP contribution in [0.5, 0.6) is 0 Å². The quantitative estimate of drug-likeness (QED) is 0.787. The van der Waals surface area contributed by atoms with Gasteiger partial charge >= 0.3 is 0 Å². The molecule has 0 aliphatic carbocycles. The second kappa shape index (κ2) is 5.27. The number of amides is 1. The molecule has 2 rings (SSSR count). The van der Waals surface area contributed by atoms with Gasteiger partial charge in [0.05, 0.1) is 5.01 Å². The SMILES string of the molecule is Cc1nc(C(=O)N2CCCC(CBr)C2)cs1. The molecule has 1 amide bonds. The predicted octanol–water partition coefficient (Wildman–Crippen LogP) is 2.70. The number of alkyl halides is 1. The third-order valence-corrected chi connectivity index (χ3v) is 4.55. The molecule has 3 nitrogen and oxygen atoms in total. The van der Waals surface area contributed by atoms with Gasteiger partial charge in [0.25, 0.3) is 5.91 Å². The Morgan fingerprint density at radius 3 is 3.19 bits per heavy atom. The zero-order valence-corrected chi connectivity index (χ0v) is 11.7. The van der Waals surface area contributed by atoms with Crippen LogP contribution in [0.3, 0.4) is 0 Å². The predicted molar refractivity (Wildman–Crippen MR) is 69.3 cm³/mol. The average Bonchev–Trinajstić information content (AvgIpc) is 2.75. The molecule has 1 aliphatic rings. The number of rotatable bonds is 2. The van der Waals surface area contributed by atoms with Gasteiger partial charge in [-0.3, -0.25) is 4.79 Å². The van der Waals surface area contributed by atoms with Crippen molar-refractivity contribution in [1.82, 2.24) is 9.88 Å². The fourth-order valence-electron chi connectivity index (χ4n) is 2.00. The van der Waals surface area contributed by atoms with E-state index in [-0.39, 0.29) is 5.91 Å². The van der Waals surface area contributed by atoms with Crippen LogP contribution in [0.4, 0.5) is 0 Å². The van der Waals surface area contributed by atoms with Crippen molar-refractivity contribution in [3.63, 3.8) is 0 Å². The van der Waals surface area contributed by atoms with Crippen LogP contribution in [0, 0.1) is 12.8 Å². The first kappa shape index (κ1) is 12.0. The Labute approximate surface area is 108 Å². The van der Waals surface area contributed by atoms with Crippen molar-refractivity contribution >= 4 is 33.2 Å². The van der Waals surface area contributed by atoms with E-state index in [1.54, 1.807) is 0 Å². The summed E-state index contributed by atoms with van der Waals surface area (Å²) in [5.74, 6) is 0.687. The summed E-state index contributed by atoms with van der Waals surface area (Å²) in [5.41, 5.74) is 0.609. The number of aromatic nitrogens is 1. The van der Waals surface area contributed by atoms with E-state index < -0.39 is 0 Å². The number of thiazole rings is 1. The van der Waals surface area contributed by atoms with Gasteiger partial charge < -0.3 is 4.90 Å². The molecule has 1 unspecified atom stereocenters. The highest BCUT2D eigenvalue weighted by Gasteiger charge is 2.24. The normalized spacial score (nSPS) is 21.1. The highest BCUT2D eigenvalue weighted by Crippen LogP contribution is 2.20. The molecular formula is C11H15BrN2OS. The zero-order valence-electron chi connectivity index (χ0n) is 9.28. The van der Waals surface area contributed by atoms with Crippen LogP contribution in [-0.2, 0) is 0 Å². The molecule has 0 bridgehead atoms. The molecule has 1 aromatic heterocycles. The van der Waals surface area contributed by atoms with E-state index in [0.29, 0.717) is 11.6 Å². The number of hydrogen-bond donors (Lipinski definition) is 0. The van der Waals surface area contributed by atoms with Gasteiger partial charge in [0.2, 0.25) is 0 Å². The lowest BCUT2D eigenvalue weighted by molar-refractivity contribution is 0.0680. The van der Waals surface area contributed by atoms with Crippen molar-refractivity contribution < 1.29 is 4.79 Å². The van der Waals surface area contributed by atoms with Gasteiger partial charge in [-0.15, -0.1) is 11.3 Å². The topological polar surface area (TPSA) is 33.2 Å². The van der Waals surface area contributed by atoms with Crippen molar-refractivity contribution in [2.45, 2.75) is 19.8 Å². The van der Waals surface area contributed by atoms with Crippen LogP contribution < -0.4 is 0 Å². The fourth-order valence-corrected chi connectivity index (χ4v) is 3.11. The lowest BCUT2D eigenvalue weighted by atomic mass is 10.00. The molecule has 2 heterocycles. The molecule has 1 saturated heterocycles. The van der Waals surface area contributed by atoms with E-state index in [2.05, 4.69) is 20.9 Å². The summed E-state index contributed by atoms with van der Waals surface area (Å²) >= 11 is 5.03. The smallest absolute Gasteiger partial charge is 0.273 e. The second-order valence-electron chi connectivity index (χ2n) is 4.17.